The van der Waals surface area contributed by atoms with Gasteiger partial charge in [-0.3, -0.25) is 14.3 Å². The molecule has 1 aromatic heterocycles. The number of hydrogen-bond acceptors (Lipinski definition) is 5. The van der Waals surface area contributed by atoms with E-state index >= 15 is 0 Å². The van der Waals surface area contributed by atoms with Gasteiger partial charge in [0, 0.05) is 11.9 Å². The van der Waals surface area contributed by atoms with Crippen molar-refractivity contribution < 1.29 is 18.0 Å². The first kappa shape index (κ1) is 23.0. The second-order valence-corrected chi connectivity index (χ2v) is 10.7. The van der Waals surface area contributed by atoms with Gasteiger partial charge in [0.1, 0.15) is 5.00 Å². The first-order valence-electron chi connectivity index (χ1n) is 10.7. The summed E-state index contributed by atoms with van der Waals surface area (Å²) in [6.07, 6.45) is 3.74. The number of rotatable bonds is 6. The lowest BCUT2D eigenvalue weighted by molar-refractivity contribution is 0.0963. The molecule has 7 nitrogen and oxygen atoms in total. The number of anilines is 2. The highest BCUT2D eigenvalue weighted by Gasteiger charge is 2.27. The fraction of sp³-hybridized carbons (Fsp3) is 0.250. The predicted molar refractivity (Wildman–Crippen MR) is 131 cm³/mol. The molecule has 172 valence electrons. The smallest absolute Gasteiger partial charge is 0.261 e. The molecular formula is C24H25N3O4S2. The SMILES string of the molecule is CNC(=O)c1c(NC(=O)c2ccccc2NS(=O)(=O)c2ccc(C)cc2)sc2c1CCCC2. The van der Waals surface area contributed by atoms with Gasteiger partial charge in [-0.2, -0.15) is 0 Å². The van der Waals surface area contributed by atoms with Gasteiger partial charge in [0.2, 0.25) is 0 Å². The number of carbonyl (C=O) groups excluding carboxylic acids is 2. The molecule has 0 aliphatic heterocycles. The Morgan fingerprint density at radius 3 is 2.36 bits per heavy atom. The van der Waals surface area contributed by atoms with E-state index in [4.69, 9.17) is 0 Å². The van der Waals surface area contributed by atoms with Crippen molar-refractivity contribution in [2.24, 2.45) is 0 Å². The first-order chi connectivity index (χ1) is 15.8. The number of aryl methyl sites for hydroxylation is 2. The topological polar surface area (TPSA) is 104 Å². The number of fused-ring (bicyclic) bond motifs is 1. The second-order valence-electron chi connectivity index (χ2n) is 7.91. The zero-order valence-corrected chi connectivity index (χ0v) is 20.0. The van der Waals surface area contributed by atoms with Crippen LogP contribution in [-0.2, 0) is 22.9 Å². The summed E-state index contributed by atoms with van der Waals surface area (Å²) in [5, 5.41) is 6.01. The largest absolute Gasteiger partial charge is 0.355 e. The van der Waals surface area contributed by atoms with Crippen LogP contribution in [0.1, 0.15) is 49.6 Å². The van der Waals surface area contributed by atoms with Crippen molar-refractivity contribution >= 4 is 43.9 Å². The molecule has 1 heterocycles. The fourth-order valence-corrected chi connectivity index (χ4v) is 6.24. The highest BCUT2D eigenvalue weighted by Crippen LogP contribution is 2.38. The van der Waals surface area contributed by atoms with Crippen LogP contribution in [0, 0.1) is 6.92 Å². The lowest BCUT2D eigenvalue weighted by Crippen LogP contribution is -2.23. The zero-order valence-electron chi connectivity index (χ0n) is 18.4. The van der Waals surface area contributed by atoms with E-state index in [1.54, 1.807) is 43.4 Å². The molecule has 2 aromatic carbocycles. The number of hydrogen-bond donors (Lipinski definition) is 3. The van der Waals surface area contributed by atoms with Crippen molar-refractivity contribution in [2.75, 3.05) is 17.1 Å². The van der Waals surface area contributed by atoms with Crippen LogP contribution in [0.5, 0.6) is 0 Å². The van der Waals surface area contributed by atoms with Gasteiger partial charge in [0.05, 0.1) is 21.7 Å². The third kappa shape index (κ3) is 4.79. The minimum atomic E-state index is -3.88. The molecule has 0 fully saturated rings. The van der Waals surface area contributed by atoms with Gasteiger partial charge in [-0.05, 0) is 62.4 Å². The van der Waals surface area contributed by atoms with E-state index in [9.17, 15) is 18.0 Å². The van der Waals surface area contributed by atoms with Gasteiger partial charge in [-0.15, -0.1) is 11.3 Å². The van der Waals surface area contributed by atoms with E-state index in [0.717, 1.165) is 41.7 Å². The standard InChI is InChI=1S/C24H25N3O4S2/c1-15-11-13-16(14-12-15)33(30,31)27-19-9-5-3-7-17(19)22(28)26-24-21(23(29)25-2)18-8-4-6-10-20(18)32-24/h3,5,7,9,11-14,27H,4,6,8,10H2,1-2H3,(H,25,29)(H,26,28). The Kier molecular flexibility index (Phi) is 6.53. The van der Waals surface area contributed by atoms with E-state index in [0.29, 0.717) is 10.6 Å². The maximum Gasteiger partial charge on any atom is 0.261 e. The molecule has 1 aliphatic rings. The van der Waals surface area contributed by atoms with Crippen molar-refractivity contribution in [3.05, 3.63) is 75.7 Å². The summed E-state index contributed by atoms with van der Waals surface area (Å²) in [6.45, 7) is 1.87. The lowest BCUT2D eigenvalue weighted by atomic mass is 9.95. The minimum absolute atomic E-state index is 0.108. The molecule has 4 rings (SSSR count). The number of carbonyl (C=O) groups is 2. The normalized spacial score (nSPS) is 13.2. The number of thiophene rings is 1. The predicted octanol–water partition coefficient (Wildman–Crippen LogP) is 4.35. The van der Waals surface area contributed by atoms with E-state index in [-0.39, 0.29) is 22.1 Å². The monoisotopic (exact) mass is 483 g/mol. The Bertz CT molecular complexity index is 1310. The number of nitrogens with one attached hydrogen (secondary N) is 3. The third-order valence-corrected chi connectivity index (χ3v) is 8.19. The number of sulfonamides is 1. The maximum atomic E-state index is 13.2. The molecule has 33 heavy (non-hydrogen) atoms. The van der Waals surface area contributed by atoms with Gasteiger partial charge in [-0.25, -0.2) is 8.42 Å². The Morgan fingerprint density at radius 2 is 1.64 bits per heavy atom. The first-order valence-corrected chi connectivity index (χ1v) is 13.0. The Hall–Kier alpha value is -3.17. The van der Waals surface area contributed by atoms with Gasteiger partial charge >= 0.3 is 0 Å². The van der Waals surface area contributed by atoms with Crippen LogP contribution in [0.15, 0.2) is 53.4 Å². The summed E-state index contributed by atoms with van der Waals surface area (Å²) in [6, 6.07) is 12.9. The molecule has 0 spiro atoms. The van der Waals surface area contributed by atoms with Crippen LogP contribution in [0.2, 0.25) is 0 Å². The van der Waals surface area contributed by atoms with E-state index in [2.05, 4.69) is 15.4 Å². The molecule has 0 saturated heterocycles. The summed E-state index contributed by atoms with van der Waals surface area (Å²) < 4.78 is 28.3. The Labute approximate surface area is 197 Å². The number of benzene rings is 2. The molecule has 3 N–H and O–H groups in total. The van der Waals surface area contributed by atoms with Crippen molar-refractivity contribution in [3.63, 3.8) is 0 Å². The molecule has 1 aliphatic carbocycles. The van der Waals surface area contributed by atoms with Gasteiger partial charge < -0.3 is 10.6 Å². The summed E-state index contributed by atoms with van der Waals surface area (Å²) in [7, 11) is -2.31. The van der Waals surface area contributed by atoms with Crippen LogP contribution < -0.4 is 15.4 Å². The summed E-state index contributed by atoms with van der Waals surface area (Å²) in [4.78, 5) is 27.0. The van der Waals surface area contributed by atoms with Crippen LogP contribution in [0.25, 0.3) is 0 Å². The molecule has 0 atom stereocenters. The molecule has 9 heteroatoms. The Morgan fingerprint density at radius 1 is 0.939 bits per heavy atom. The average Bonchev–Trinajstić information content (AvgIpc) is 3.16. The zero-order chi connectivity index (χ0) is 23.6. The number of para-hydroxylation sites is 1. The fourth-order valence-electron chi connectivity index (χ4n) is 3.88. The molecule has 0 bridgehead atoms. The van der Waals surface area contributed by atoms with Crippen LogP contribution in [-0.4, -0.2) is 27.3 Å². The van der Waals surface area contributed by atoms with Gasteiger partial charge in [-0.1, -0.05) is 29.8 Å². The van der Waals surface area contributed by atoms with Crippen molar-refractivity contribution in [3.8, 4) is 0 Å². The molecule has 2 amide bonds. The van der Waals surface area contributed by atoms with E-state index in [1.165, 1.54) is 23.5 Å². The van der Waals surface area contributed by atoms with Crippen molar-refractivity contribution in [1.29, 1.82) is 0 Å². The minimum Gasteiger partial charge on any atom is -0.355 e. The molecular weight excluding hydrogens is 458 g/mol. The van der Waals surface area contributed by atoms with Gasteiger partial charge in [0.15, 0.2) is 0 Å². The highest BCUT2D eigenvalue weighted by molar-refractivity contribution is 7.92. The number of amides is 2. The molecule has 0 unspecified atom stereocenters. The molecule has 0 saturated carbocycles. The molecule has 0 radical (unpaired) electrons. The van der Waals surface area contributed by atoms with Crippen LogP contribution in [0.3, 0.4) is 0 Å². The van der Waals surface area contributed by atoms with Crippen LogP contribution >= 0.6 is 11.3 Å². The highest BCUT2D eigenvalue weighted by atomic mass is 32.2. The van der Waals surface area contributed by atoms with Crippen LogP contribution in [0.4, 0.5) is 10.7 Å². The summed E-state index contributed by atoms with van der Waals surface area (Å²) in [5.74, 6) is -0.723. The van der Waals surface area contributed by atoms with Gasteiger partial charge in [0.25, 0.3) is 21.8 Å². The van der Waals surface area contributed by atoms with Crippen molar-refractivity contribution in [1.82, 2.24) is 5.32 Å². The maximum absolute atomic E-state index is 13.2. The third-order valence-electron chi connectivity index (χ3n) is 5.60. The summed E-state index contributed by atoms with van der Waals surface area (Å²) >= 11 is 1.41. The van der Waals surface area contributed by atoms with Crippen molar-refractivity contribution in [2.45, 2.75) is 37.5 Å². The second kappa shape index (κ2) is 9.36. The quantitative estimate of drug-likeness (QED) is 0.485. The van der Waals surface area contributed by atoms with E-state index in [1.807, 2.05) is 6.92 Å². The summed E-state index contributed by atoms with van der Waals surface area (Å²) in [5.41, 5.74) is 2.78. The average molecular weight is 484 g/mol. The lowest BCUT2D eigenvalue weighted by Gasteiger charge is -2.14. The van der Waals surface area contributed by atoms with E-state index < -0.39 is 15.9 Å². The molecule has 3 aromatic rings. The Balaban J connectivity index is 1.64.